The molecule has 0 radical (unpaired) electrons. The predicted octanol–water partition coefficient (Wildman–Crippen LogP) is 13.1. The molecule has 242 valence electrons. The summed E-state index contributed by atoms with van der Waals surface area (Å²) in [6.07, 6.45) is 0. The summed E-state index contributed by atoms with van der Waals surface area (Å²) in [7, 11) is 0. The summed E-state index contributed by atoms with van der Waals surface area (Å²) in [6.45, 7) is 0. The van der Waals surface area contributed by atoms with Crippen molar-refractivity contribution >= 4 is 75.1 Å². The second-order valence-corrected chi connectivity index (χ2v) is 14.2. The second-order valence-electron chi connectivity index (χ2n) is 13.1. The van der Waals surface area contributed by atoms with Gasteiger partial charge in [-0.15, -0.1) is 11.3 Å². The minimum atomic E-state index is 0.680. The van der Waals surface area contributed by atoms with Crippen molar-refractivity contribution in [1.29, 1.82) is 0 Å². The zero-order chi connectivity index (χ0) is 34.2. The lowest BCUT2D eigenvalue weighted by Gasteiger charge is -2.12. The Morgan fingerprint density at radius 2 is 1.12 bits per heavy atom. The fraction of sp³-hybridized carbons (Fsp3) is 0. The molecule has 4 nitrogen and oxygen atoms in total. The summed E-state index contributed by atoms with van der Waals surface area (Å²) < 4.78 is 8.75. The topological polar surface area (TPSA) is 51.8 Å². The van der Waals surface area contributed by atoms with Gasteiger partial charge in [-0.3, -0.25) is 0 Å². The van der Waals surface area contributed by atoms with Gasteiger partial charge < -0.3 is 4.42 Å². The standard InChI is InChI=1S/C47H27N3OS/c1-3-12-28(13-4-1)37-27-38(32-18-11-21-40-43(32)33-17-8-10-20-39(33)51-40)50-47(49-37)30-22-24-41-35(26-30)45-42(52-41)25-23-34-44(45)31-16-7-9-19-36(31)48-46(34)29-14-5-2-6-15-29/h1-27H. The largest absolute Gasteiger partial charge is 0.456 e. The number of nitrogens with zero attached hydrogens (tertiary/aromatic N) is 3. The van der Waals surface area contributed by atoms with Crippen molar-refractivity contribution in [2.75, 3.05) is 0 Å². The Labute approximate surface area is 302 Å². The normalized spacial score (nSPS) is 11.8. The van der Waals surface area contributed by atoms with Crippen LogP contribution >= 0.6 is 11.3 Å². The Kier molecular flexibility index (Phi) is 6.39. The van der Waals surface area contributed by atoms with Crippen LogP contribution in [0.15, 0.2) is 168 Å². The maximum absolute atomic E-state index is 6.28. The molecule has 4 heterocycles. The Morgan fingerprint density at radius 3 is 1.98 bits per heavy atom. The molecular formula is C47H27N3OS. The van der Waals surface area contributed by atoms with Crippen LogP contribution < -0.4 is 0 Å². The molecule has 0 fully saturated rings. The van der Waals surface area contributed by atoms with Gasteiger partial charge in [0, 0.05) is 69.4 Å². The quantitative estimate of drug-likeness (QED) is 0.174. The van der Waals surface area contributed by atoms with Gasteiger partial charge in [0.15, 0.2) is 5.82 Å². The van der Waals surface area contributed by atoms with Gasteiger partial charge in [-0.1, -0.05) is 115 Å². The van der Waals surface area contributed by atoms with Crippen LogP contribution in [0, 0.1) is 0 Å². The highest BCUT2D eigenvalue weighted by Gasteiger charge is 2.19. The number of rotatable bonds is 4. The molecule has 11 aromatic rings. The van der Waals surface area contributed by atoms with E-state index < -0.39 is 0 Å². The van der Waals surface area contributed by atoms with E-state index in [4.69, 9.17) is 19.4 Å². The van der Waals surface area contributed by atoms with Crippen LogP contribution in [0.5, 0.6) is 0 Å². The number of furan rings is 1. The predicted molar refractivity (Wildman–Crippen MR) is 217 cm³/mol. The highest BCUT2D eigenvalue weighted by atomic mass is 32.1. The van der Waals surface area contributed by atoms with E-state index in [0.29, 0.717) is 5.82 Å². The lowest BCUT2D eigenvalue weighted by atomic mass is 9.96. The summed E-state index contributed by atoms with van der Waals surface area (Å²) >= 11 is 1.82. The number of hydrogen-bond donors (Lipinski definition) is 0. The summed E-state index contributed by atoms with van der Waals surface area (Å²) in [4.78, 5) is 15.7. The molecule has 0 N–H and O–H groups in total. The highest BCUT2D eigenvalue weighted by Crippen LogP contribution is 2.45. The molecule has 0 saturated carbocycles. The zero-order valence-electron chi connectivity index (χ0n) is 27.7. The van der Waals surface area contributed by atoms with E-state index >= 15 is 0 Å². The number of benzene rings is 7. The van der Waals surface area contributed by atoms with Gasteiger partial charge in [-0.25, -0.2) is 15.0 Å². The Bertz CT molecular complexity index is 3180. The summed E-state index contributed by atoms with van der Waals surface area (Å²) in [6, 6.07) is 57.0. The molecule has 0 aliphatic rings. The second kappa shape index (κ2) is 11.4. The van der Waals surface area contributed by atoms with E-state index in [-0.39, 0.29) is 0 Å². The van der Waals surface area contributed by atoms with Gasteiger partial charge in [0.25, 0.3) is 0 Å². The molecule has 52 heavy (non-hydrogen) atoms. The number of hydrogen-bond acceptors (Lipinski definition) is 5. The SMILES string of the molecule is c1ccc(-c2cc(-c3cccc4oc5ccccc5c34)nc(-c3ccc4sc5ccc6c(-c7ccccc7)nc7ccccc7c6c5c4c3)n2)cc1. The van der Waals surface area contributed by atoms with Gasteiger partial charge in [0.1, 0.15) is 11.2 Å². The van der Waals surface area contributed by atoms with Crippen LogP contribution in [0.3, 0.4) is 0 Å². The Hall–Kier alpha value is -6.69. The molecule has 0 bridgehead atoms. The lowest BCUT2D eigenvalue weighted by Crippen LogP contribution is -1.96. The molecule has 0 spiro atoms. The van der Waals surface area contributed by atoms with Gasteiger partial charge in [-0.05, 0) is 48.5 Å². The molecule has 11 rings (SSSR count). The van der Waals surface area contributed by atoms with Gasteiger partial charge >= 0.3 is 0 Å². The average Bonchev–Trinajstić information content (AvgIpc) is 3.79. The molecule has 0 amide bonds. The molecule has 0 atom stereocenters. The van der Waals surface area contributed by atoms with Crippen molar-refractivity contribution in [2.45, 2.75) is 0 Å². The Morgan fingerprint density at radius 1 is 0.404 bits per heavy atom. The molecule has 7 aromatic carbocycles. The van der Waals surface area contributed by atoms with Gasteiger partial charge in [0.2, 0.25) is 0 Å². The van der Waals surface area contributed by atoms with Crippen LogP contribution in [0.1, 0.15) is 0 Å². The zero-order valence-corrected chi connectivity index (χ0v) is 28.6. The van der Waals surface area contributed by atoms with Crippen LogP contribution in [-0.2, 0) is 0 Å². The molecule has 0 aliphatic heterocycles. The van der Waals surface area contributed by atoms with Crippen molar-refractivity contribution in [1.82, 2.24) is 15.0 Å². The third kappa shape index (κ3) is 4.50. The maximum Gasteiger partial charge on any atom is 0.160 e. The summed E-state index contributed by atoms with van der Waals surface area (Å²) in [5.74, 6) is 0.680. The van der Waals surface area contributed by atoms with Crippen LogP contribution in [0.25, 0.3) is 109 Å². The number of para-hydroxylation sites is 2. The Balaban J connectivity index is 1.19. The first-order valence-corrected chi connectivity index (χ1v) is 18.2. The third-order valence-corrected chi connectivity index (χ3v) is 11.2. The first kappa shape index (κ1) is 29.1. The van der Waals surface area contributed by atoms with Crippen molar-refractivity contribution in [3.63, 3.8) is 0 Å². The van der Waals surface area contributed by atoms with Crippen LogP contribution in [0.4, 0.5) is 0 Å². The number of aromatic nitrogens is 3. The van der Waals surface area contributed by atoms with E-state index in [1.54, 1.807) is 0 Å². The molecule has 0 unspecified atom stereocenters. The molecule has 0 aliphatic carbocycles. The van der Waals surface area contributed by atoms with Crippen molar-refractivity contribution in [3.05, 3.63) is 164 Å². The first-order chi connectivity index (χ1) is 25.8. The smallest absolute Gasteiger partial charge is 0.160 e. The van der Waals surface area contributed by atoms with Crippen LogP contribution in [0.2, 0.25) is 0 Å². The minimum Gasteiger partial charge on any atom is -0.456 e. The minimum absolute atomic E-state index is 0.680. The summed E-state index contributed by atoms with van der Waals surface area (Å²) in [5, 5.41) is 8.08. The average molecular weight is 682 g/mol. The fourth-order valence-electron chi connectivity index (χ4n) is 7.72. The third-order valence-electron chi connectivity index (χ3n) is 10.1. The lowest BCUT2D eigenvalue weighted by molar-refractivity contribution is 0.669. The number of pyridine rings is 1. The van der Waals surface area contributed by atoms with E-state index in [9.17, 15) is 0 Å². The highest BCUT2D eigenvalue weighted by molar-refractivity contribution is 7.26. The molecular weight excluding hydrogens is 655 g/mol. The monoisotopic (exact) mass is 681 g/mol. The van der Waals surface area contributed by atoms with Gasteiger partial charge in [0.05, 0.1) is 22.6 Å². The van der Waals surface area contributed by atoms with E-state index in [2.05, 4.69) is 133 Å². The maximum atomic E-state index is 6.28. The molecule has 5 heteroatoms. The van der Waals surface area contributed by atoms with E-state index in [1.165, 1.54) is 25.6 Å². The fourth-order valence-corrected chi connectivity index (χ4v) is 8.82. The first-order valence-electron chi connectivity index (χ1n) is 17.4. The summed E-state index contributed by atoms with van der Waals surface area (Å²) in [5.41, 5.74) is 9.55. The van der Waals surface area contributed by atoms with E-state index in [1.807, 2.05) is 41.7 Å². The molecule has 4 aromatic heterocycles. The van der Waals surface area contributed by atoms with Crippen molar-refractivity contribution in [3.8, 4) is 45.2 Å². The number of fused-ring (bicyclic) bond motifs is 10. The molecule has 0 saturated heterocycles. The van der Waals surface area contributed by atoms with Crippen molar-refractivity contribution < 1.29 is 4.42 Å². The number of thiophene rings is 1. The van der Waals surface area contributed by atoms with Gasteiger partial charge in [-0.2, -0.15) is 0 Å². The van der Waals surface area contributed by atoms with E-state index in [0.717, 1.165) is 77.6 Å². The van der Waals surface area contributed by atoms with Crippen LogP contribution in [-0.4, -0.2) is 15.0 Å². The van der Waals surface area contributed by atoms with Crippen molar-refractivity contribution in [2.24, 2.45) is 0 Å².